The predicted octanol–water partition coefficient (Wildman–Crippen LogP) is 1.79. The zero-order chi connectivity index (χ0) is 18.8. The first-order valence-corrected chi connectivity index (χ1v) is 11.6. The topological polar surface area (TPSA) is 78.5 Å². The molecule has 0 aromatic heterocycles. The van der Waals surface area contributed by atoms with Gasteiger partial charge in [0.15, 0.2) is 0 Å². The lowest BCUT2D eigenvalue weighted by Gasteiger charge is -2.38. The summed E-state index contributed by atoms with van der Waals surface area (Å²) in [6.45, 7) is 4.99. The van der Waals surface area contributed by atoms with E-state index in [0.717, 1.165) is 12.2 Å². The van der Waals surface area contributed by atoms with Crippen LogP contribution in [0.25, 0.3) is 0 Å². The number of thioether (sulfide) groups is 1. The highest BCUT2D eigenvalue weighted by atomic mass is 32.2. The Hall–Kier alpha value is -1.09. The highest BCUT2D eigenvalue weighted by Crippen LogP contribution is 2.40. The van der Waals surface area contributed by atoms with E-state index in [-0.39, 0.29) is 22.9 Å². The van der Waals surface area contributed by atoms with Crippen LogP contribution in [0.15, 0.2) is 35.2 Å². The van der Waals surface area contributed by atoms with Crippen LogP contribution in [0.2, 0.25) is 0 Å². The Morgan fingerprint density at radius 1 is 1.35 bits per heavy atom. The number of carbonyl (C=O) groups excluding carboxylic acids is 1. The number of nitrogens with zero attached hydrogens (tertiary/aromatic N) is 1. The smallest absolute Gasteiger partial charge is 0.243 e. The van der Waals surface area contributed by atoms with Crippen molar-refractivity contribution in [3.8, 4) is 0 Å². The number of sulfonamides is 1. The molecule has 2 N–H and O–H groups in total. The minimum absolute atomic E-state index is 0.0445. The van der Waals surface area contributed by atoms with Crippen molar-refractivity contribution >= 4 is 27.7 Å². The maximum absolute atomic E-state index is 12.8. The molecule has 0 bridgehead atoms. The molecule has 2 atom stereocenters. The van der Waals surface area contributed by atoms with Gasteiger partial charge in [-0.1, -0.05) is 25.1 Å². The van der Waals surface area contributed by atoms with Crippen molar-refractivity contribution < 1.29 is 13.2 Å². The van der Waals surface area contributed by atoms with Crippen molar-refractivity contribution in [2.75, 3.05) is 18.8 Å². The number of nitrogens with one attached hydrogen (secondary N) is 2. The van der Waals surface area contributed by atoms with Crippen molar-refractivity contribution in [2.24, 2.45) is 0 Å². The van der Waals surface area contributed by atoms with Crippen molar-refractivity contribution in [1.82, 2.24) is 14.9 Å². The van der Waals surface area contributed by atoms with E-state index >= 15 is 0 Å². The summed E-state index contributed by atoms with van der Waals surface area (Å²) in [6, 6.07) is 8.54. The van der Waals surface area contributed by atoms with E-state index in [9.17, 15) is 13.2 Å². The highest BCUT2D eigenvalue weighted by Gasteiger charge is 2.45. The lowest BCUT2D eigenvalue weighted by molar-refractivity contribution is -0.123. The van der Waals surface area contributed by atoms with Gasteiger partial charge in [0.1, 0.15) is 0 Å². The number of amides is 1. The second-order valence-corrected chi connectivity index (χ2v) is 10.4. The van der Waals surface area contributed by atoms with Crippen LogP contribution in [-0.4, -0.2) is 54.4 Å². The Balaban J connectivity index is 1.60. The maximum Gasteiger partial charge on any atom is 0.243 e. The van der Waals surface area contributed by atoms with Crippen LogP contribution >= 0.6 is 11.8 Å². The molecule has 144 valence electrons. The first kappa shape index (κ1) is 19.7. The average Bonchev–Trinajstić information content (AvgIpc) is 3.06. The molecule has 1 aromatic carbocycles. The molecular formula is C18H27N3O3S2. The molecule has 2 saturated heterocycles. The average molecular weight is 398 g/mol. The van der Waals surface area contributed by atoms with E-state index in [1.54, 1.807) is 40.3 Å². The molecule has 2 aliphatic heterocycles. The summed E-state index contributed by atoms with van der Waals surface area (Å²) < 4.78 is 27.1. The molecule has 8 heteroatoms. The third-order valence-corrected chi connectivity index (χ3v) is 8.68. The van der Waals surface area contributed by atoms with Gasteiger partial charge in [-0.3, -0.25) is 10.1 Å². The predicted molar refractivity (Wildman–Crippen MR) is 104 cm³/mol. The van der Waals surface area contributed by atoms with Crippen molar-refractivity contribution in [2.45, 2.75) is 55.0 Å². The molecule has 6 nitrogen and oxygen atoms in total. The van der Waals surface area contributed by atoms with Crippen LogP contribution in [0.5, 0.6) is 0 Å². The third-order valence-electron chi connectivity index (χ3n) is 5.19. The molecule has 1 amide bonds. The Bertz CT molecular complexity index is 731. The van der Waals surface area contributed by atoms with Crippen LogP contribution in [0.3, 0.4) is 0 Å². The summed E-state index contributed by atoms with van der Waals surface area (Å²) in [5.74, 6) is 0.774. The summed E-state index contributed by atoms with van der Waals surface area (Å²) in [7, 11) is -3.44. The van der Waals surface area contributed by atoms with Gasteiger partial charge in [-0.2, -0.15) is 4.31 Å². The number of hydrogen-bond donors (Lipinski definition) is 2. The normalized spacial score (nSPS) is 24.5. The molecule has 0 unspecified atom stereocenters. The standard InChI is InChI=1S/C18H27N3O3S2/c1-3-14(2)19-17(22)16-13-25-18(20-16)9-11-21(12-10-18)26(23,24)15-7-5-4-6-8-15/h4-8,14,16,20H,3,9-13H2,1-2H3,(H,19,22)/t14-,16-/m1/s1. The Kier molecular flexibility index (Phi) is 5.96. The number of piperidine rings is 1. The molecular weight excluding hydrogens is 370 g/mol. The first-order chi connectivity index (χ1) is 12.4. The quantitative estimate of drug-likeness (QED) is 0.792. The summed E-state index contributed by atoms with van der Waals surface area (Å²) in [5, 5.41) is 6.50. The second kappa shape index (κ2) is 7.88. The molecule has 26 heavy (non-hydrogen) atoms. The minimum atomic E-state index is -3.44. The Morgan fingerprint density at radius 3 is 2.62 bits per heavy atom. The van der Waals surface area contributed by atoms with Gasteiger partial charge >= 0.3 is 0 Å². The van der Waals surface area contributed by atoms with Crippen LogP contribution < -0.4 is 10.6 Å². The Morgan fingerprint density at radius 2 is 2.00 bits per heavy atom. The maximum atomic E-state index is 12.8. The van der Waals surface area contributed by atoms with Crippen molar-refractivity contribution in [1.29, 1.82) is 0 Å². The molecule has 0 aliphatic carbocycles. The van der Waals surface area contributed by atoms with Crippen LogP contribution in [0.4, 0.5) is 0 Å². The zero-order valence-electron chi connectivity index (χ0n) is 15.3. The first-order valence-electron chi connectivity index (χ1n) is 9.13. The molecule has 1 aromatic rings. The zero-order valence-corrected chi connectivity index (χ0v) is 16.9. The highest BCUT2D eigenvalue weighted by molar-refractivity contribution is 8.01. The molecule has 0 saturated carbocycles. The van der Waals surface area contributed by atoms with Gasteiger partial charge in [-0.05, 0) is 38.3 Å². The van der Waals surface area contributed by atoms with E-state index in [1.165, 1.54) is 0 Å². The molecule has 2 aliphatic rings. The van der Waals surface area contributed by atoms with E-state index in [2.05, 4.69) is 10.6 Å². The summed E-state index contributed by atoms with van der Waals surface area (Å²) >= 11 is 1.75. The van der Waals surface area contributed by atoms with E-state index in [1.807, 2.05) is 19.9 Å². The van der Waals surface area contributed by atoms with E-state index < -0.39 is 10.0 Å². The molecule has 2 fully saturated rings. The van der Waals surface area contributed by atoms with Gasteiger partial charge in [0.2, 0.25) is 15.9 Å². The van der Waals surface area contributed by atoms with Crippen LogP contribution in [0, 0.1) is 0 Å². The molecule has 1 spiro atoms. The third kappa shape index (κ3) is 4.08. The lowest BCUT2D eigenvalue weighted by atomic mass is 10.0. The lowest BCUT2D eigenvalue weighted by Crippen LogP contribution is -2.55. The monoisotopic (exact) mass is 397 g/mol. The van der Waals surface area contributed by atoms with Gasteiger partial charge in [-0.25, -0.2) is 8.42 Å². The van der Waals surface area contributed by atoms with Crippen LogP contribution in [-0.2, 0) is 14.8 Å². The Labute approximate surface area is 160 Å². The number of carbonyl (C=O) groups is 1. The van der Waals surface area contributed by atoms with Crippen molar-refractivity contribution in [3.63, 3.8) is 0 Å². The van der Waals surface area contributed by atoms with Gasteiger partial charge in [0.05, 0.1) is 15.8 Å². The molecule has 2 heterocycles. The fourth-order valence-corrected chi connectivity index (χ4v) is 6.23. The summed E-state index contributed by atoms with van der Waals surface area (Å²) in [5.41, 5.74) is 0. The van der Waals surface area contributed by atoms with Gasteiger partial charge in [-0.15, -0.1) is 11.8 Å². The van der Waals surface area contributed by atoms with Gasteiger partial charge in [0.25, 0.3) is 0 Å². The van der Waals surface area contributed by atoms with Gasteiger partial charge in [0, 0.05) is 24.9 Å². The number of rotatable bonds is 5. The molecule has 3 rings (SSSR count). The SMILES string of the molecule is CC[C@@H](C)NC(=O)[C@H]1CSC2(CCN(S(=O)(=O)c3ccccc3)CC2)N1. The fraction of sp³-hybridized carbons (Fsp3) is 0.611. The van der Waals surface area contributed by atoms with E-state index in [4.69, 9.17) is 0 Å². The summed E-state index contributed by atoms with van der Waals surface area (Å²) in [6.07, 6.45) is 2.32. The minimum Gasteiger partial charge on any atom is -0.352 e. The number of benzene rings is 1. The van der Waals surface area contributed by atoms with Crippen LogP contribution in [0.1, 0.15) is 33.1 Å². The largest absolute Gasteiger partial charge is 0.352 e. The second-order valence-electron chi connectivity index (χ2n) is 7.04. The number of hydrogen-bond acceptors (Lipinski definition) is 5. The summed E-state index contributed by atoms with van der Waals surface area (Å²) in [4.78, 5) is 12.5. The molecule has 0 radical (unpaired) electrons. The van der Waals surface area contributed by atoms with E-state index in [0.29, 0.717) is 30.8 Å². The van der Waals surface area contributed by atoms with Crippen molar-refractivity contribution in [3.05, 3.63) is 30.3 Å². The fourth-order valence-electron chi connectivity index (χ4n) is 3.35. The van der Waals surface area contributed by atoms with Gasteiger partial charge < -0.3 is 5.32 Å².